The van der Waals surface area contributed by atoms with Crippen LogP contribution in [0.15, 0.2) is 18.3 Å². The van der Waals surface area contributed by atoms with Gasteiger partial charge in [-0.3, -0.25) is 4.98 Å². The van der Waals surface area contributed by atoms with Gasteiger partial charge in [0.15, 0.2) is 18.1 Å². The lowest BCUT2D eigenvalue weighted by atomic mass is 9.93. The zero-order valence-corrected chi connectivity index (χ0v) is 13.9. The highest BCUT2D eigenvalue weighted by Crippen LogP contribution is 2.31. The monoisotopic (exact) mass is 347 g/mol. The molecule has 0 saturated heterocycles. The molecule has 0 spiro atoms. The van der Waals surface area contributed by atoms with Crippen molar-refractivity contribution in [1.82, 2.24) is 9.97 Å². The van der Waals surface area contributed by atoms with Crippen molar-refractivity contribution >= 4 is 22.8 Å². The molecule has 134 valence electrons. The van der Waals surface area contributed by atoms with Gasteiger partial charge in [0, 0.05) is 18.2 Å². The van der Waals surface area contributed by atoms with Gasteiger partial charge < -0.3 is 25.0 Å². The molecule has 0 atom stereocenters. The molecule has 1 fully saturated rings. The number of benzene rings is 1. The maximum absolute atomic E-state index is 10.7. The van der Waals surface area contributed by atoms with E-state index < -0.39 is 12.6 Å². The van der Waals surface area contributed by atoms with E-state index in [-0.39, 0.29) is 12.1 Å². The summed E-state index contributed by atoms with van der Waals surface area (Å²) in [6, 6.07) is 3.57. The maximum Gasteiger partial charge on any atom is 0.341 e. The Balaban J connectivity index is 1.79. The van der Waals surface area contributed by atoms with Crippen LogP contribution in [-0.4, -0.2) is 52.0 Å². The molecule has 0 aliphatic heterocycles. The second-order valence-corrected chi connectivity index (χ2v) is 6.08. The first kappa shape index (κ1) is 17.2. The summed E-state index contributed by atoms with van der Waals surface area (Å²) < 4.78 is 10.5. The van der Waals surface area contributed by atoms with Gasteiger partial charge in [-0.15, -0.1) is 0 Å². The number of carbonyl (C=O) groups is 1. The van der Waals surface area contributed by atoms with Crippen LogP contribution in [0.1, 0.15) is 25.7 Å². The Bertz CT molecular complexity index is 759. The van der Waals surface area contributed by atoms with Gasteiger partial charge in [0.05, 0.1) is 30.4 Å². The summed E-state index contributed by atoms with van der Waals surface area (Å²) in [5.41, 5.74) is 1.21. The highest BCUT2D eigenvalue weighted by Gasteiger charge is 2.19. The number of aromatic nitrogens is 2. The Kier molecular flexibility index (Phi) is 5.18. The number of carboxylic acid groups (broad SMARTS) is 1. The Labute approximate surface area is 144 Å². The smallest absolute Gasteiger partial charge is 0.341 e. The van der Waals surface area contributed by atoms with Crippen LogP contribution in [-0.2, 0) is 4.79 Å². The third-order valence-electron chi connectivity index (χ3n) is 4.23. The van der Waals surface area contributed by atoms with Gasteiger partial charge in [-0.05, 0) is 25.7 Å². The number of methoxy groups -OCH3 is 1. The maximum atomic E-state index is 10.7. The fourth-order valence-corrected chi connectivity index (χ4v) is 2.93. The quantitative estimate of drug-likeness (QED) is 0.725. The largest absolute Gasteiger partial charge is 0.493 e. The first-order valence-electron chi connectivity index (χ1n) is 8.19. The predicted octanol–water partition coefficient (Wildman–Crippen LogP) is 1.82. The van der Waals surface area contributed by atoms with E-state index >= 15 is 0 Å². The van der Waals surface area contributed by atoms with Gasteiger partial charge in [0.1, 0.15) is 5.82 Å². The van der Waals surface area contributed by atoms with Crippen molar-refractivity contribution < 1.29 is 24.5 Å². The number of ether oxygens (including phenoxy) is 2. The topological polar surface area (TPSA) is 114 Å². The summed E-state index contributed by atoms with van der Waals surface area (Å²) in [6.45, 7) is -0.456. The van der Waals surface area contributed by atoms with Crippen LogP contribution >= 0.6 is 0 Å². The lowest BCUT2D eigenvalue weighted by Gasteiger charge is -2.26. The lowest BCUT2D eigenvalue weighted by Crippen LogP contribution is -2.28. The summed E-state index contributed by atoms with van der Waals surface area (Å²) in [4.78, 5) is 19.6. The van der Waals surface area contributed by atoms with Crippen LogP contribution in [0.2, 0.25) is 0 Å². The molecular formula is C17H21N3O5. The number of anilines is 1. The van der Waals surface area contributed by atoms with Crippen molar-refractivity contribution in [2.75, 3.05) is 19.0 Å². The van der Waals surface area contributed by atoms with E-state index in [4.69, 9.17) is 14.6 Å². The number of rotatable bonds is 6. The minimum Gasteiger partial charge on any atom is -0.493 e. The molecule has 0 bridgehead atoms. The molecule has 1 aromatic heterocycles. The molecule has 0 amide bonds. The van der Waals surface area contributed by atoms with Crippen LogP contribution in [0.4, 0.5) is 5.82 Å². The van der Waals surface area contributed by atoms with Gasteiger partial charge in [0.2, 0.25) is 0 Å². The number of hydrogen-bond donors (Lipinski definition) is 3. The van der Waals surface area contributed by atoms with Gasteiger partial charge >= 0.3 is 5.97 Å². The van der Waals surface area contributed by atoms with Crippen LogP contribution in [0, 0.1) is 0 Å². The Hall–Kier alpha value is -2.61. The predicted molar refractivity (Wildman–Crippen MR) is 91.1 cm³/mol. The van der Waals surface area contributed by atoms with Crippen LogP contribution < -0.4 is 14.8 Å². The van der Waals surface area contributed by atoms with E-state index in [0.717, 1.165) is 25.7 Å². The normalized spacial score (nSPS) is 20.2. The number of aliphatic hydroxyl groups is 1. The SMILES string of the molecule is COc1cc2nc(NC3CCC(O)CC3)cnc2cc1OCC(=O)O. The molecule has 3 rings (SSSR count). The molecular weight excluding hydrogens is 326 g/mol. The molecule has 1 aliphatic carbocycles. The van der Waals surface area contributed by atoms with E-state index in [1.807, 2.05) is 0 Å². The van der Waals surface area contributed by atoms with Crippen molar-refractivity contribution in [2.24, 2.45) is 0 Å². The zero-order valence-electron chi connectivity index (χ0n) is 13.9. The number of aliphatic carboxylic acids is 1. The number of nitrogens with zero attached hydrogens (tertiary/aromatic N) is 2. The highest BCUT2D eigenvalue weighted by atomic mass is 16.5. The third-order valence-corrected chi connectivity index (χ3v) is 4.23. The fourth-order valence-electron chi connectivity index (χ4n) is 2.93. The molecule has 3 N–H and O–H groups in total. The van der Waals surface area contributed by atoms with Gasteiger partial charge in [-0.1, -0.05) is 0 Å². The standard InChI is InChI=1S/C17H21N3O5/c1-24-14-7-13-12(6-15(14)25-9-17(22)23)18-8-16(20-13)19-10-2-4-11(21)5-3-10/h6-8,10-11,21H,2-5,9H2,1H3,(H,19,20)(H,22,23). The van der Waals surface area contributed by atoms with E-state index in [9.17, 15) is 9.90 Å². The minimum atomic E-state index is -1.06. The average Bonchev–Trinajstić information content (AvgIpc) is 2.61. The van der Waals surface area contributed by atoms with Crippen molar-refractivity contribution in [2.45, 2.75) is 37.8 Å². The van der Waals surface area contributed by atoms with Gasteiger partial charge in [-0.2, -0.15) is 0 Å². The second kappa shape index (κ2) is 7.52. The van der Waals surface area contributed by atoms with E-state index in [0.29, 0.717) is 28.4 Å². The van der Waals surface area contributed by atoms with Gasteiger partial charge in [0.25, 0.3) is 0 Å². The van der Waals surface area contributed by atoms with E-state index in [1.165, 1.54) is 7.11 Å². The van der Waals surface area contributed by atoms with Crippen molar-refractivity contribution in [3.05, 3.63) is 18.3 Å². The summed E-state index contributed by atoms with van der Waals surface area (Å²) in [7, 11) is 1.48. The van der Waals surface area contributed by atoms with Crippen molar-refractivity contribution in [3.8, 4) is 11.5 Å². The number of aliphatic hydroxyl groups excluding tert-OH is 1. The molecule has 1 heterocycles. The van der Waals surface area contributed by atoms with Crippen molar-refractivity contribution in [1.29, 1.82) is 0 Å². The highest BCUT2D eigenvalue weighted by molar-refractivity contribution is 5.80. The van der Waals surface area contributed by atoms with E-state index in [1.54, 1.807) is 18.3 Å². The average molecular weight is 347 g/mol. The fraction of sp³-hybridized carbons (Fsp3) is 0.471. The Morgan fingerprint density at radius 1 is 1.24 bits per heavy atom. The molecule has 1 saturated carbocycles. The lowest BCUT2D eigenvalue weighted by molar-refractivity contribution is -0.139. The Morgan fingerprint density at radius 2 is 1.96 bits per heavy atom. The van der Waals surface area contributed by atoms with Crippen molar-refractivity contribution in [3.63, 3.8) is 0 Å². The van der Waals surface area contributed by atoms with Crippen LogP contribution in [0.3, 0.4) is 0 Å². The van der Waals surface area contributed by atoms with Crippen LogP contribution in [0.25, 0.3) is 11.0 Å². The molecule has 0 unspecified atom stereocenters. The summed E-state index contributed by atoms with van der Waals surface area (Å²) in [5.74, 6) is 0.315. The molecule has 8 nitrogen and oxygen atoms in total. The number of carboxylic acids is 1. The summed E-state index contributed by atoms with van der Waals surface area (Å²) >= 11 is 0. The first-order chi connectivity index (χ1) is 12.0. The molecule has 1 aromatic carbocycles. The number of fused-ring (bicyclic) bond motifs is 1. The number of hydrogen-bond acceptors (Lipinski definition) is 7. The Morgan fingerprint density at radius 3 is 2.64 bits per heavy atom. The molecule has 8 heteroatoms. The molecule has 0 radical (unpaired) electrons. The molecule has 1 aliphatic rings. The summed E-state index contributed by atoms with van der Waals surface area (Å²) in [5, 5.41) is 21.7. The second-order valence-electron chi connectivity index (χ2n) is 6.08. The minimum absolute atomic E-state index is 0.200. The number of nitrogens with one attached hydrogen (secondary N) is 1. The van der Waals surface area contributed by atoms with E-state index in [2.05, 4.69) is 15.3 Å². The molecule has 2 aromatic rings. The zero-order chi connectivity index (χ0) is 17.8. The summed E-state index contributed by atoms with van der Waals surface area (Å²) in [6.07, 6.45) is 4.81. The van der Waals surface area contributed by atoms with Crippen LogP contribution in [0.5, 0.6) is 11.5 Å². The van der Waals surface area contributed by atoms with Gasteiger partial charge in [-0.25, -0.2) is 9.78 Å². The first-order valence-corrected chi connectivity index (χ1v) is 8.19. The molecule has 25 heavy (non-hydrogen) atoms. The third kappa shape index (κ3) is 4.27.